The summed E-state index contributed by atoms with van der Waals surface area (Å²) in [4.78, 5) is 38.0. The number of ether oxygens (including phenoxy) is 3. The molecule has 0 radical (unpaired) electrons. The molecule has 0 aliphatic heterocycles. The Hall–Kier alpha value is -2.89. The molecule has 0 spiro atoms. The molecule has 0 fully saturated rings. The molecule has 0 aromatic carbocycles. The predicted octanol–water partition coefficient (Wildman–Crippen LogP) is 17.3. The molecule has 1 atom stereocenters. The van der Waals surface area contributed by atoms with Gasteiger partial charge in [-0.25, -0.2) is 0 Å². The summed E-state index contributed by atoms with van der Waals surface area (Å²) >= 11 is 0. The van der Waals surface area contributed by atoms with E-state index in [1.807, 2.05) is 0 Å². The van der Waals surface area contributed by atoms with Crippen molar-refractivity contribution in [3.05, 3.63) is 60.8 Å². The molecule has 0 aromatic rings. The van der Waals surface area contributed by atoms with E-state index in [9.17, 15) is 14.4 Å². The summed E-state index contributed by atoms with van der Waals surface area (Å²) in [5, 5.41) is 0. The first kappa shape index (κ1) is 59.1. The van der Waals surface area contributed by atoms with Crippen LogP contribution in [0.2, 0.25) is 0 Å². The number of unbranched alkanes of at least 4 members (excludes halogenated alkanes) is 26. The Labute approximate surface area is 383 Å². The lowest BCUT2D eigenvalue weighted by atomic mass is 10.0. The maximum absolute atomic E-state index is 12.8. The zero-order chi connectivity index (χ0) is 45.1. The van der Waals surface area contributed by atoms with Crippen molar-refractivity contribution in [1.29, 1.82) is 0 Å². The fraction of sp³-hybridized carbons (Fsp3) is 0.768. The van der Waals surface area contributed by atoms with Gasteiger partial charge in [-0.05, 0) is 77.0 Å². The van der Waals surface area contributed by atoms with Gasteiger partial charge in [0.2, 0.25) is 0 Å². The van der Waals surface area contributed by atoms with E-state index in [1.54, 1.807) is 0 Å². The Morgan fingerprint density at radius 2 is 0.629 bits per heavy atom. The van der Waals surface area contributed by atoms with E-state index in [4.69, 9.17) is 14.2 Å². The van der Waals surface area contributed by atoms with Crippen molar-refractivity contribution in [3.63, 3.8) is 0 Å². The van der Waals surface area contributed by atoms with Gasteiger partial charge in [0, 0.05) is 19.3 Å². The topological polar surface area (TPSA) is 78.9 Å². The fourth-order valence-electron chi connectivity index (χ4n) is 7.38. The van der Waals surface area contributed by atoms with E-state index in [0.29, 0.717) is 19.3 Å². The Balaban J connectivity index is 4.39. The summed E-state index contributed by atoms with van der Waals surface area (Å²) in [6.45, 7) is 6.42. The number of carbonyl (C=O) groups excluding carboxylic acids is 3. The van der Waals surface area contributed by atoms with Crippen LogP contribution in [0.5, 0.6) is 0 Å². The third-order valence-electron chi connectivity index (χ3n) is 11.3. The summed E-state index contributed by atoms with van der Waals surface area (Å²) in [7, 11) is 0. The van der Waals surface area contributed by atoms with E-state index in [0.717, 1.165) is 103 Å². The van der Waals surface area contributed by atoms with E-state index >= 15 is 0 Å². The molecule has 1 unspecified atom stereocenters. The van der Waals surface area contributed by atoms with Crippen molar-refractivity contribution in [3.8, 4) is 0 Å². The summed E-state index contributed by atoms with van der Waals surface area (Å²) in [5.74, 6) is -0.895. The predicted molar refractivity (Wildman–Crippen MR) is 265 cm³/mol. The molecular weight excluding hydrogens is 769 g/mol. The van der Waals surface area contributed by atoms with Crippen molar-refractivity contribution in [2.75, 3.05) is 13.2 Å². The Morgan fingerprint density at radius 1 is 0.339 bits per heavy atom. The molecule has 0 rings (SSSR count). The van der Waals surface area contributed by atoms with Gasteiger partial charge in [-0.1, -0.05) is 223 Å². The van der Waals surface area contributed by atoms with Crippen molar-refractivity contribution in [1.82, 2.24) is 0 Å². The molecule has 0 bridgehead atoms. The molecule has 358 valence electrons. The molecule has 0 aromatic heterocycles. The average molecular weight is 867 g/mol. The SMILES string of the molecule is CC/C=C\C/C=C\C/C=C\CCCCCCCCC(=O)OCC(COC(=O)CCCCCCCCCCCCCCCC)OC(=O)CCCCCCCCC/C=C\C/C=C\CC. The molecule has 0 saturated heterocycles. The molecule has 0 aliphatic carbocycles. The quantitative estimate of drug-likeness (QED) is 0.0262. The minimum absolute atomic E-state index is 0.0797. The number of rotatable bonds is 47. The minimum Gasteiger partial charge on any atom is -0.462 e. The molecule has 0 heterocycles. The second kappa shape index (κ2) is 50.8. The van der Waals surface area contributed by atoms with Gasteiger partial charge < -0.3 is 14.2 Å². The van der Waals surface area contributed by atoms with Crippen molar-refractivity contribution in [2.24, 2.45) is 0 Å². The Kier molecular flexibility index (Phi) is 48.4. The van der Waals surface area contributed by atoms with E-state index in [1.165, 1.54) is 116 Å². The van der Waals surface area contributed by atoms with Gasteiger partial charge in [-0.15, -0.1) is 0 Å². The molecule has 6 nitrogen and oxygen atoms in total. The lowest BCUT2D eigenvalue weighted by Crippen LogP contribution is -2.30. The highest BCUT2D eigenvalue weighted by atomic mass is 16.6. The van der Waals surface area contributed by atoms with Crippen LogP contribution in [-0.2, 0) is 28.6 Å². The van der Waals surface area contributed by atoms with E-state index < -0.39 is 6.10 Å². The zero-order valence-electron chi connectivity index (χ0n) is 40.9. The number of carbonyl (C=O) groups is 3. The second-order valence-corrected chi connectivity index (χ2v) is 17.4. The van der Waals surface area contributed by atoms with Crippen molar-refractivity contribution in [2.45, 2.75) is 264 Å². The smallest absolute Gasteiger partial charge is 0.306 e. The molecule has 0 N–H and O–H groups in total. The summed E-state index contributed by atoms with van der Waals surface area (Å²) in [6, 6.07) is 0. The maximum Gasteiger partial charge on any atom is 0.306 e. The second-order valence-electron chi connectivity index (χ2n) is 17.4. The average Bonchev–Trinajstić information content (AvgIpc) is 3.27. The van der Waals surface area contributed by atoms with Crippen LogP contribution in [0, 0.1) is 0 Å². The van der Waals surface area contributed by atoms with Crippen LogP contribution in [0.15, 0.2) is 60.8 Å². The van der Waals surface area contributed by atoms with Crippen LogP contribution in [0.1, 0.15) is 258 Å². The van der Waals surface area contributed by atoms with E-state index in [2.05, 4.69) is 81.5 Å². The van der Waals surface area contributed by atoms with Crippen LogP contribution in [0.4, 0.5) is 0 Å². The van der Waals surface area contributed by atoms with Gasteiger partial charge in [0.15, 0.2) is 6.10 Å². The third kappa shape index (κ3) is 48.1. The highest BCUT2D eigenvalue weighted by Crippen LogP contribution is 2.15. The highest BCUT2D eigenvalue weighted by Gasteiger charge is 2.19. The van der Waals surface area contributed by atoms with Crippen LogP contribution < -0.4 is 0 Å². The van der Waals surface area contributed by atoms with Crippen LogP contribution >= 0.6 is 0 Å². The van der Waals surface area contributed by atoms with Gasteiger partial charge in [-0.2, -0.15) is 0 Å². The fourth-order valence-corrected chi connectivity index (χ4v) is 7.38. The van der Waals surface area contributed by atoms with Gasteiger partial charge in [0.25, 0.3) is 0 Å². The molecule has 62 heavy (non-hydrogen) atoms. The molecular formula is C56H98O6. The van der Waals surface area contributed by atoms with Gasteiger partial charge in [0.05, 0.1) is 0 Å². The number of allylic oxidation sites excluding steroid dienone is 10. The van der Waals surface area contributed by atoms with Crippen molar-refractivity contribution >= 4 is 17.9 Å². The zero-order valence-corrected chi connectivity index (χ0v) is 40.9. The molecule has 0 aliphatic rings. The first-order valence-electron chi connectivity index (χ1n) is 26.3. The minimum atomic E-state index is -0.781. The lowest BCUT2D eigenvalue weighted by Gasteiger charge is -2.18. The number of hydrogen-bond acceptors (Lipinski definition) is 6. The normalized spacial score (nSPS) is 12.5. The monoisotopic (exact) mass is 867 g/mol. The van der Waals surface area contributed by atoms with Crippen LogP contribution in [0.3, 0.4) is 0 Å². The lowest BCUT2D eigenvalue weighted by molar-refractivity contribution is -0.167. The summed E-state index contributed by atoms with van der Waals surface area (Å²) in [6.07, 6.45) is 62.0. The third-order valence-corrected chi connectivity index (χ3v) is 11.3. The van der Waals surface area contributed by atoms with Gasteiger partial charge >= 0.3 is 17.9 Å². The van der Waals surface area contributed by atoms with Crippen molar-refractivity contribution < 1.29 is 28.6 Å². The molecule has 0 amide bonds. The summed E-state index contributed by atoms with van der Waals surface area (Å²) < 4.78 is 16.8. The van der Waals surface area contributed by atoms with Gasteiger partial charge in [0.1, 0.15) is 13.2 Å². The standard InChI is InChI=1S/C56H98O6/c1-4-7-10-13-16-19-22-25-28-29-32-34-37-40-43-46-49-55(58)61-52-53(62-56(59)50-47-44-41-38-35-31-27-24-21-18-15-12-9-6-3)51-60-54(57)48-45-42-39-36-33-30-26-23-20-17-14-11-8-5-2/h7,9-10,12,16,18-19,21,25,28,53H,4-6,8,11,13-15,17,20,22-24,26-27,29-52H2,1-3H3/b10-7-,12-9-,19-16-,21-18-,28-25-. The maximum atomic E-state index is 12.8. The Morgan fingerprint density at radius 3 is 0.984 bits per heavy atom. The Bertz CT molecular complexity index is 1130. The number of esters is 3. The molecule has 6 heteroatoms. The first-order chi connectivity index (χ1) is 30.5. The van der Waals surface area contributed by atoms with Gasteiger partial charge in [-0.3, -0.25) is 14.4 Å². The highest BCUT2D eigenvalue weighted by molar-refractivity contribution is 5.71. The molecule has 0 saturated carbocycles. The first-order valence-corrected chi connectivity index (χ1v) is 26.3. The van der Waals surface area contributed by atoms with E-state index in [-0.39, 0.29) is 31.1 Å². The number of hydrogen-bond donors (Lipinski definition) is 0. The largest absolute Gasteiger partial charge is 0.462 e. The van der Waals surface area contributed by atoms with Crippen LogP contribution in [0.25, 0.3) is 0 Å². The summed E-state index contributed by atoms with van der Waals surface area (Å²) in [5.41, 5.74) is 0. The van der Waals surface area contributed by atoms with Crippen LogP contribution in [-0.4, -0.2) is 37.2 Å².